The number of carboxylic acids is 1. The second kappa shape index (κ2) is 7.61. The Bertz CT molecular complexity index is 477. The average Bonchev–Trinajstić information content (AvgIpc) is 2.71. The molecule has 0 fully saturated rings. The first kappa shape index (κ1) is 16.9. The Morgan fingerprint density at radius 3 is 2.70 bits per heavy atom. The fourth-order valence-corrected chi connectivity index (χ4v) is 2.99. The summed E-state index contributed by atoms with van der Waals surface area (Å²) in [5.41, 5.74) is -0.898. The van der Waals surface area contributed by atoms with E-state index in [1.165, 1.54) is 18.4 Å². The molecule has 0 radical (unpaired) electrons. The van der Waals surface area contributed by atoms with Crippen molar-refractivity contribution in [3.05, 3.63) is 21.3 Å². The van der Waals surface area contributed by atoms with Crippen LogP contribution in [0.15, 0.2) is 12.1 Å². The Labute approximate surface area is 126 Å². The van der Waals surface area contributed by atoms with Crippen molar-refractivity contribution in [3.63, 3.8) is 0 Å². The van der Waals surface area contributed by atoms with Gasteiger partial charge in [0.05, 0.1) is 22.9 Å². The van der Waals surface area contributed by atoms with Gasteiger partial charge in [0.2, 0.25) is 5.91 Å². The maximum Gasteiger partial charge on any atom is 0.305 e. The molecule has 1 amide bonds. The molecule has 1 aromatic rings. The molecule has 20 heavy (non-hydrogen) atoms. The fourth-order valence-electron chi connectivity index (χ4n) is 1.91. The highest BCUT2D eigenvalue weighted by Crippen LogP contribution is 2.22. The standard InChI is InChI=1S/C13H18ClNO4S/c1-13(8-19-2,7-12(17)18)15-11(16)6-4-9-3-5-10(14)20-9/h3,5H,4,6-8H2,1-2H3,(H,15,16)(H,17,18). The number of hydrogen-bond donors (Lipinski definition) is 2. The second-order valence-corrected chi connectivity index (χ2v) is 6.62. The lowest BCUT2D eigenvalue weighted by Gasteiger charge is -2.28. The number of rotatable bonds is 8. The number of aliphatic carboxylic acids is 1. The van der Waals surface area contributed by atoms with E-state index in [9.17, 15) is 9.59 Å². The van der Waals surface area contributed by atoms with Crippen molar-refractivity contribution in [1.82, 2.24) is 5.32 Å². The Hall–Kier alpha value is -1.11. The molecule has 1 unspecified atom stereocenters. The molecule has 0 aliphatic heterocycles. The SMILES string of the molecule is COCC(C)(CC(=O)O)NC(=O)CCc1ccc(Cl)s1. The topological polar surface area (TPSA) is 75.6 Å². The van der Waals surface area contributed by atoms with Crippen LogP contribution in [0.2, 0.25) is 4.34 Å². The van der Waals surface area contributed by atoms with Gasteiger partial charge in [0, 0.05) is 18.4 Å². The molecule has 0 saturated carbocycles. The van der Waals surface area contributed by atoms with Crippen LogP contribution < -0.4 is 5.32 Å². The summed E-state index contributed by atoms with van der Waals surface area (Å²) >= 11 is 7.25. The molecule has 0 aliphatic rings. The van der Waals surface area contributed by atoms with Crippen LogP contribution in [-0.2, 0) is 20.7 Å². The van der Waals surface area contributed by atoms with Crippen LogP contribution >= 0.6 is 22.9 Å². The maximum absolute atomic E-state index is 11.9. The van der Waals surface area contributed by atoms with Gasteiger partial charge in [-0.25, -0.2) is 0 Å². The smallest absolute Gasteiger partial charge is 0.305 e. The van der Waals surface area contributed by atoms with E-state index in [2.05, 4.69) is 5.32 Å². The minimum atomic E-state index is -0.977. The number of carbonyl (C=O) groups is 2. The van der Waals surface area contributed by atoms with E-state index in [0.717, 1.165) is 4.88 Å². The minimum absolute atomic E-state index is 0.149. The van der Waals surface area contributed by atoms with Crippen LogP contribution in [0.4, 0.5) is 0 Å². The van der Waals surface area contributed by atoms with Gasteiger partial charge in [0.15, 0.2) is 0 Å². The van der Waals surface area contributed by atoms with Crippen molar-refractivity contribution in [2.75, 3.05) is 13.7 Å². The van der Waals surface area contributed by atoms with Gasteiger partial charge in [0.1, 0.15) is 0 Å². The third kappa shape index (κ3) is 5.90. The Morgan fingerprint density at radius 1 is 1.50 bits per heavy atom. The summed E-state index contributed by atoms with van der Waals surface area (Å²) in [4.78, 5) is 23.8. The molecule has 7 heteroatoms. The Balaban J connectivity index is 2.51. The number of aryl methyl sites for hydroxylation is 1. The number of thiophene rings is 1. The zero-order valence-electron chi connectivity index (χ0n) is 11.4. The monoisotopic (exact) mass is 319 g/mol. The number of hydrogen-bond acceptors (Lipinski definition) is 4. The van der Waals surface area contributed by atoms with Crippen LogP contribution in [0.5, 0.6) is 0 Å². The van der Waals surface area contributed by atoms with Gasteiger partial charge in [-0.05, 0) is 25.5 Å². The average molecular weight is 320 g/mol. The third-order valence-corrected chi connectivity index (χ3v) is 3.96. The van der Waals surface area contributed by atoms with E-state index >= 15 is 0 Å². The van der Waals surface area contributed by atoms with Crippen LogP contribution in [-0.4, -0.2) is 36.2 Å². The minimum Gasteiger partial charge on any atom is -0.481 e. The molecule has 1 rings (SSSR count). The summed E-state index contributed by atoms with van der Waals surface area (Å²) < 4.78 is 5.67. The summed E-state index contributed by atoms with van der Waals surface area (Å²) in [7, 11) is 1.47. The molecule has 5 nitrogen and oxygen atoms in total. The van der Waals surface area contributed by atoms with Crippen LogP contribution in [0.3, 0.4) is 0 Å². The molecular weight excluding hydrogens is 302 g/mol. The number of halogens is 1. The first-order chi connectivity index (χ1) is 9.34. The molecule has 112 valence electrons. The van der Waals surface area contributed by atoms with Gasteiger partial charge in [0.25, 0.3) is 0 Å². The highest BCUT2D eigenvalue weighted by atomic mass is 35.5. The van der Waals surface area contributed by atoms with Crippen molar-refractivity contribution >= 4 is 34.8 Å². The molecule has 0 bridgehead atoms. The van der Waals surface area contributed by atoms with Gasteiger partial charge < -0.3 is 15.2 Å². The Kier molecular flexibility index (Phi) is 6.45. The first-order valence-corrected chi connectivity index (χ1v) is 7.30. The number of ether oxygens (including phenoxy) is 1. The lowest BCUT2D eigenvalue weighted by molar-refractivity contribution is -0.139. The van der Waals surface area contributed by atoms with E-state index in [0.29, 0.717) is 10.8 Å². The van der Waals surface area contributed by atoms with Crippen LogP contribution in [0.1, 0.15) is 24.6 Å². The Morgan fingerprint density at radius 2 is 2.20 bits per heavy atom. The third-order valence-electron chi connectivity index (χ3n) is 2.67. The summed E-state index contributed by atoms with van der Waals surface area (Å²) in [5, 5.41) is 11.6. The largest absolute Gasteiger partial charge is 0.481 e. The summed E-state index contributed by atoms with van der Waals surface area (Å²) in [6.45, 7) is 1.81. The number of methoxy groups -OCH3 is 1. The van der Waals surface area contributed by atoms with E-state index in [1.807, 2.05) is 6.07 Å². The first-order valence-electron chi connectivity index (χ1n) is 6.10. The summed E-state index contributed by atoms with van der Waals surface area (Å²) in [5.74, 6) is -1.18. The van der Waals surface area contributed by atoms with Crippen molar-refractivity contribution in [3.8, 4) is 0 Å². The zero-order valence-corrected chi connectivity index (χ0v) is 13.0. The number of nitrogens with one attached hydrogen (secondary N) is 1. The van der Waals surface area contributed by atoms with E-state index in [-0.39, 0.29) is 25.4 Å². The van der Waals surface area contributed by atoms with Crippen LogP contribution in [0, 0.1) is 0 Å². The number of carbonyl (C=O) groups excluding carboxylic acids is 1. The number of carboxylic acid groups (broad SMARTS) is 1. The maximum atomic E-state index is 11.9. The van der Waals surface area contributed by atoms with Gasteiger partial charge in [-0.3, -0.25) is 9.59 Å². The molecule has 0 aliphatic carbocycles. The number of amides is 1. The molecule has 0 aromatic carbocycles. The fraction of sp³-hybridized carbons (Fsp3) is 0.538. The molecule has 1 aromatic heterocycles. The molecule has 0 saturated heterocycles. The molecular formula is C13H18ClNO4S. The quantitative estimate of drug-likeness (QED) is 0.771. The summed E-state index contributed by atoms with van der Waals surface area (Å²) in [6, 6.07) is 3.67. The van der Waals surface area contributed by atoms with Crippen molar-refractivity contribution in [1.29, 1.82) is 0 Å². The van der Waals surface area contributed by atoms with Crippen LogP contribution in [0.25, 0.3) is 0 Å². The highest BCUT2D eigenvalue weighted by molar-refractivity contribution is 7.16. The highest BCUT2D eigenvalue weighted by Gasteiger charge is 2.29. The predicted octanol–water partition coefficient (Wildman–Crippen LogP) is 2.33. The van der Waals surface area contributed by atoms with Crippen molar-refractivity contribution in [2.24, 2.45) is 0 Å². The second-order valence-electron chi connectivity index (χ2n) is 4.82. The van der Waals surface area contributed by atoms with Gasteiger partial charge in [-0.1, -0.05) is 11.6 Å². The summed E-state index contributed by atoms with van der Waals surface area (Å²) in [6.07, 6.45) is 0.687. The normalized spacial score (nSPS) is 13.8. The van der Waals surface area contributed by atoms with E-state index < -0.39 is 11.5 Å². The van der Waals surface area contributed by atoms with Crippen molar-refractivity contribution < 1.29 is 19.4 Å². The molecule has 0 spiro atoms. The van der Waals surface area contributed by atoms with Gasteiger partial charge in [-0.2, -0.15) is 0 Å². The van der Waals surface area contributed by atoms with E-state index in [4.69, 9.17) is 21.4 Å². The molecule has 1 heterocycles. The predicted molar refractivity (Wildman–Crippen MR) is 78.3 cm³/mol. The van der Waals surface area contributed by atoms with Crippen molar-refractivity contribution in [2.45, 2.75) is 31.7 Å². The van der Waals surface area contributed by atoms with E-state index in [1.54, 1.807) is 13.0 Å². The lowest BCUT2D eigenvalue weighted by Crippen LogP contribution is -2.50. The molecule has 1 atom stereocenters. The van der Waals surface area contributed by atoms with Gasteiger partial charge >= 0.3 is 5.97 Å². The zero-order chi connectivity index (χ0) is 15.2. The van der Waals surface area contributed by atoms with Gasteiger partial charge in [-0.15, -0.1) is 11.3 Å². The molecule has 2 N–H and O–H groups in total. The lowest BCUT2D eigenvalue weighted by atomic mass is 9.98.